The van der Waals surface area contributed by atoms with Crippen LogP contribution in [0, 0.1) is 11.8 Å². The van der Waals surface area contributed by atoms with Crippen molar-refractivity contribution in [2.24, 2.45) is 17.0 Å². The van der Waals surface area contributed by atoms with Crippen LogP contribution in [0.25, 0.3) is 0 Å². The molecule has 2 atom stereocenters. The van der Waals surface area contributed by atoms with Crippen LogP contribution in [0.15, 0.2) is 16.5 Å². The summed E-state index contributed by atoms with van der Waals surface area (Å²) in [5, 5.41) is 14.4. The van der Waals surface area contributed by atoms with E-state index in [1.807, 2.05) is 25.6 Å². The van der Waals surface area contributed by atoms with Gasteiger partial charge in [0.15, 0.2) is 5.78 Å². The molecule has 0 aromatic heterocycles. The minimum absolute atomic E-state index is 0.0111. The fourth-order valence-corrected chi connectivity index (χ4v) is 3.69. The summed E-state index contributed by atoms with van der Waals surface area (Å²) in [5.41, 5.74) is 1.01. The van der Waals surface area contributed by atoms with E-state index >= 15 is 0 Å². The molecule has 1 aliphatic carbocycles. The summed E-state index contributed by atoms with van der Waals surface area (Å²) in [6, 6.07) is 0. The average Bonchev–Trinajstić information content (AvgIpc) is 2.44. The van der Waals surface area contributed by atoms with Gasteiger partial charge in [-0.05, 0) is 43.6 Å². The molecule has 2 unspecified atom stereocenters. The van der Waals surface area contributed by atoms with Crippen molar-refractivity contribution in [1.82, 2.24) is 0 Å². The standard InChI is InChI=1S/C17H29NO3S/c1-5-7-14(18-21-6-2)17-15(19)9-13(10-16(17)20)8-12(3)11-22-4/h12-13,19H,5-11H2,1-4H3. The number of aliphatic hydroxyl groups excluding tert-OH is 1. The van der Waals surface area contributed by atoms with Gasteiger partial charge in [-0.15, -0.1) is 0 Å². The molecule has 0 amide bonds. The van der Waals surface area contributed by atoms with Crippen molar-refractivity contribution in [2.45, 2.75) is 52.9 Å². The van der Waals surface area contributed by atoms with Crippen LogP contribution >= 0.6 is 11.8 Å². The molecule has 0 heterocycles. The molecule has 0 saturated heterocycles. The average molecular weight is 327 g/mol. The number of carbonyl (C=O) groups excluding carboxylic acids is 1. The van der Waals surface area contributed by atoms with E-state index in [-0.39, 0.29) is 17.5 Å². The number of Topliss-reactive ketones (excluding diaryl/α,β-unsaturated/α-hetero) is 1. The molecule has 1 N–H and O–H groups in total. The molecule has 1 aliphatic rings. The van der Waals surface area contributed by atoms with Crippen molar-refractivity contribution >= 4 is 23.3 Å². The molecule has 0 aromatic carbocycles. The zero-order valence-corrected chi connectivity index (χ0v) is 15.0. The zero-order valence-electron chi connectivity index (χ0n) is 14.2. The number of allylic oxidation sites excluding steroid dienone is 2. The first-order valence-corrected chi connectivity index (χ1v) is 9.56. The lowest BCUT2D eigenvalue weighted by Gasteiger charge is -2.26. The van der Waals surface area contributed by atoms with E-state index in [1.165, 1.54) is 0 Å². The SMILES string of the molecule is CCCC(=NOCC)C1=C(O)CC(CC(C)CSC)CC1=O. The van der Waals surface area contributed by atoms with Crippen molar-refractivity contribution in [3.8, 4) is 0 Å². The summed E-state index contributed by atoms with van der Waals surface area (Å²) in [4.78, 5) is 17.6. The highest BCUT2D eigenvalue weighted by molar-refractivity contribution is 7.98. The van der Waals surface area contributed by atoms with Gasteiger partial charge >= 0.3 is 0 Å². The maximum absolute atomic E-state index is 12.5. The highest BCUT2D eigenvalue weighted by atomic mass is 32.2. The lowest BCUT2D eigenvalue weighted by Crippen LogP contribution is -2.26. The summed E-state index contributed by atoms with van der Waals surface area (Å²) < 4.78 is 0. The van der Waals surface area contributed by atoms with Gasteiger partial charge in [0.25, 0.3) is 0 Å². The number of aliphatic hydroxyl groups is 1. The van der Waals surface area contributed by atoms with Crippen molar-refractivity contribution in [2.75, 3.05) is 18.6 Å². The lowest BCUT2D eigenvalue weighted by atomic mass is 9.80. The molecule has 126 valence electrons. The van der Waals surface area contributed by atoms with Crippen molar-refractivity contribution < 1.29 is 14.7 Å². The van der Waals surface area contributed by atoms with E-state index in [9.17, 15) is 9.90 Å². The molecule has 0 spiro atoms. The van der Waals surface area contributed by atoms with Crippen molar-refractivity contribution in [3.63, 3.8) is 0 Å². The molecule has 0 radical (unpaired) electrons. The van der Waals surface area contributed by atoms with Gasteiger partial charge in [-0.3, -0.25) is 4.79 Å². The smallest absolute Gasteiger partial charge is 0.168 e. The Balaban J connectivity index is 2.85. The third-order valence-electron chi connectivity index (χ3n) is 3.79. The van der Waals surface area contributed by atoms with Gasteiger partial charge in [0, 0.05) is 12.8 Å². The van der Waals surface area contributed by atoms with Gasteiger partial charge in [0.05, 0.1) is 11.3 Å². The highest BCUT2D eigenvalue weighted by Gasteiger charge is 2.31. The van der Waals surface area contributed by atoms with E-state index in [0.29, 0.717) is 43.1 Å². The Hall–Kier alpha value is -0.970. The van der Waals surface area contributed by atoms with Crippen LogP contribution in [0.5, 0.6) is 0 Å². The maximum atomic E-state index is 12.5. The first-order valence-electron chi connectivity index (χ1n) is 8.16. The van der Waals surface area contributed by atoms with E-state index < -0.39 is 0 Å². The number of rotatable bonds is 9. The molecule has 0 bridgehead atoms. The molecule has 1 rings (SSSR count). The summed E-state index contributed by atoms with van der Waals surface area (Å²) in [5.74, 6) is 2.11. The van der Waals surface area contributed by atoms with Gasteiger partial charge in [-0.2, -0.15) is 11.8 Å². The second-order valence-electron chi connectivity index (χ2n) is 6.02. The molecule has 5 heteroatoms. The molecule has 0 fully saturated rings. The number of hydrogen-bond donors (Lipinski definition) is 1. The van der Waals surface area contributed by atoms with Crippen molar-refractivity contribution in [3.05, 3.63) is 11.3 Å². The van der Waals surface area contributed by atoms with E-state index in [2.05, 4.69) is 18.3 Å². The van der Waals surface area contributed by atoms with Gasteiger partial charge in [-0.1, -0.05) is 25.4 Å². The Bertz CT molecular complexity index is 432. The van der Waals surface area contributed by atoms with Crippen LogP contribution < -0.4 is 0 Å². The largest absolute Gasteiger partial charge is 0.511 e. The highest BCUT2D eigenvalue weighted by Crippen LogP contribution is 2.32. The van der Waals surface area contributed by atoms with E-state index in [0.717, 1.165) is 18.6 Å². The third kappa shape index (κ3) is 5.67. The number of hydrogen-bond acceptors (Lipinski definition) is 5. The first kappa shape index (κ1) is 19.1. The summed E-state index contributed by atoms with van der Waals surface area (Å²) in [7, 11) is 0. The Morgan fingerprint density at radius 2 is 2.18 bits per heavy atom. The molecule has 4 nitrogen and oxygen atoms in total. The Morgan fingerprint density at radius 1 is 1.45 bits per heavy atom. The maximum Gasteiger partial charge on any atom is 0.168 e. The summed E-state index contributed by atoms with van der Waals surface area (Å²) in [6.45, 7) is 6.55. The molecule has 22 heavy (non-hydrogen) atoms. The van der Waals surface area contributed by atoms with Crippen LogP contribution in [0.4, 0.5) is 0 Å². The quantitative estimate of drug-likeness (QED) is 0.505. The minimum Gasteiger partial charge on any atom is -0.511 e. The van der Waals surface area contributed by atoms with Crippen LogP contribution in [0.3, 0.4) is 0 Å². The number of carbonyl (C=O) groups is 1. The van der Waals surface area contributed by atoms with E-state index in [1.54, 1.807) is 0 Å². The second-order valence-corrected chi connectivity index (χ2v) is 6.93. The first-order chi connectivity index (χ1) is 10.5. The summed E-state index contributed by atoms with van der Waals surface area (Å²) >= 11 is 1.83. The fourth-order valence-electron chi connectivity index (χ4n) is 2.98. The molecular formula is C17H29NO3S. The van der Waals surface area contributed by atoms with Crippen LogP contribution in [0.2, 0.25) is 0 Å². The molecular weight excluding hydrogens is 298 g/mol. The number of ketones is 1. The van der Waals surface area contributed by atoms with Gasteiger partial charge < -0.3 is 9.94 Å². The van der Waals surface area contributed by atoms with Crippen LogP contribution in [-0.4, -0.2) is 35.2 Å². The Morgan fingerprint density at radius 3 is 2.73 bits per heavy atom. The Labute approximate surface area is 138 Å². The van der Waals surface area contributed by atoms with Gasteiger partial charge in [-0.25, -0.2) is 0 Å². The molecule has 0 aromatic rings. The summed E-state index contributed by atoms with van der Waals surface area (Å²) in [6.07, 6.45) is 5.68. The minimum atomic E-state index is 0.0111. The second kappa shape index (κ2) is 9.93. The number of nitrogens with zero attached hydrogens (tertiary/aromatic N) is 1. The molecule has 0 saturated carbocycles. The lowest BCUT2D eigenvalue weighted by molar-refractivity contribution is -0.116. The fraction of sp³-hybridized carbons (Fsp3) is 0.765. The van der Waals surface area contributed by atoms with Gasteiger partial charge in [0.1, 0.15) is 12.4 Å². The van der Waals surface area contributed by atoms with E-state index in [4.69, 9.17) is 4.84 Å². The Kier molecular flexibility index (Phi) is 8.61. The number of oxime groups is 1. The predicted molar refractivity (Wildman–Crippen MR) is 93.5 cm³/mol. The zero-order chi connectivity index (χ0) is 16.5. The normalized spacial score (nSPS) is 21.2. The van der Waals surface area contributed by atoms with Gasteiger partial charge in [0.2, 0.25) is 0 Å². The molecule has 0 aliphatic heterocycles. The third-order valence-corrected chi connectivity index (χ3v) is 4.69. The predicted octanol–water partition coefficient (Wildman–Crippen LogP) is 4.36. The van der Waals surface area contributed by atoms with Crippen molar-refractivity contribution in [1.29, 1.82) is 0 Å². The topological polar surface area (TPSA) is 58.9 Å². The van der Waals surface area contributed by atoms with Crippen LogP contribution in [0.1, 0.15) is 52.9 Å². The van der Waals surface area contributed by atoms with Crippen LogP contribution in [-0.2, 0) is 9.63 Å². The number of thioether (sulfide) groups is 1. The monoisotopic (exact) mass is 327 g/mol.